The van der Waals surface area contributed by atoms with Gasteiger partial charge in [0.15, 0.2) is 0 Å². The van der Waals surface area contributed by atoms with E-state index in [4.69, 9.17) is 10.5 Å². The van der Waals surface area contributed by atoms with Gasteiger partial charge in [-0.05, 0) is 44.2 Å². The van der Waals surface area contributed by atoms with Crippen LogP contribution in [0.5, 0.6) is 5.75 Å². The van der Waals surface area contributed by atoms with Crippen LogP contribution in [-0.2, 0) is 4.79 Å². The molecule has 0 atom stereocenters. The molecule has 1 amide bonds. The first kappa shape index (κ1) is 14.8. The number of pyridine rings is 1. The lowest BCUT2D eigenvalue weighted by Gasteiger charge is -2.26. The van der Waals surface area contributed by atoms with Crippen molar-refractivity contribution < 1.29 is 9.53 Å². The Morgan fingerprint density at radius 3 is 2.90 bits per heavy atom. The number of amides is 1. The minimum atomic E-state index is 0.111. The van der Waals surface area contributed by atoms with Gasteiger partial charge in [-0.2, -0.15) is 0 Å². The molecule has 0 spiro atoms. The Morgan fingerprint density at radius 1 is 1.40 bits per heavy atom. The second-order valence-corrected chi connectivity index (χ2v) is 5.32. The van der Waals surface area contributed by atoms with Gasteiger partial charge < -0.3 is 15.8 Å². The van der Waals surface area contributed by atoms with E-state index < -0.39 is 0 Å². The third-order valence-corrected chi connectivity index (χ3v) is 3.59. The summed E-state index contributed by atoms with van der Waals surface area (Å²) < 4.78 is 5.50. The van der Waals surface area contributed by atoms with E-state index in [1.54, 1.807) is 12.4 Å². The Bertz CT molecular complexity index is 403. The number of nitrogens with one attached hydrogen (secondary N) is 1. The highest BCUT2D eigenvalue weighted by molar-refractivity contribution is 5.76. The summed E-state index contributed by atoms with van der Waals surface area (Å²) in [5, 5.41) is 3.08. The lowest BCUT2D eigenvalue weighted by Crippen LogP contribution is -2.40. The molecular weight excluding hydrogens is 254 g/mol. The second-order valence-electron chi connectivity index (χ2n) is 5.32. The van der Waals surface area contributed by atoms with Gasteiger partial charge in [-0.1, -0.05) is 0 Å². The lowest BCUT2D eigenvalue weighted by molar-refractivity contribution is -0.122. The molecule has 1 heterocycles. The molecule has 1 aromatic heterocycles. The van der Waals surface area contributed by atoms with Crippen LogP contribution >= 0.6 is 0 Å². The largest absolute Gasteiger partial charge is 0.492 e. The van der Waals surface area contributed by atoms with Crippen LogP contribution in [0.15, 0.2) is 24.5 Å². The van der Waals surface area contributed by atoms with E-state index in [2.05, 4.69) is 10.3 Å². The van der Waals surface area contributed by atoms with Crippen LogP contribution in [0.1, 0.15) is 38.5 Å². The molecule has 0 bridgehead atoms. The molecule has 0 unspecified atom stereocenters. The maximum Gasteiger partial charge on any atom is 0.220 e. The molecule has 1 aliphatic carbocycles. The Balaban J connectivity index is 1.56. The number of aromatic nitrogens is 1. The van der Waals surface area contributed by atoms with Crippen molar-refractivity contribution in [1.82, 2.24) is 10.3 Å². The third-order valence-electron chi connectivity index (χ3n) is 3.59. The number of hydrogen-bond acceptors (Lipinski definition) is 4. The summed E-state index contributed by atoms with van der Waals surface area (Å²) in [6.07, 6.45) is 8.61. The van der Waals surface area contributed by atoms with Crippen LogP contribution in [-0.4, -0.2) is 29.6 Å². The summed E-state index contributed by atoms with van der Waals surface area (Å²) in [6.45, 7) is 0.536. The molecule has 0 aromatic carbocycles. The van der Waals surface area contributed by atoms with E-state index in [-0.39, 0.29) is 5.91 Å². The van der Waals surface area contributed by atoms with Gasteiger partial charge in [0.2, 0.25) is 5.91 Å². The van der Waals surface area contributed by atoms with Gasteiger partial charge in [-0.3, -0.25) is 9.78 Å². The summed E-state index contributed by atoms with van der Waals surface area (Å²) in [7, 11) is 0. The van der Waals surface area contributed by atoms with Crippen molar-refractivity contribution >= 4 is 5.91 Å². The highest BCUT2D eigenvalue weighted by Crippen LogP contribution is 2.17. The molecule has 1 aliphatic rings. The molecule has 3 N–H and O–H groups in total. The van der Waals surface area contributed by atoms with Gasteiger partial charge in [0.1, 0.15) is 5.75 Å². The van der Waals surface area contributed by atoms with E-state index in [9.17, 15) is 4.79 Å². The molecule has 2 rings (SSSR count). The zero-order valence-electron chi connectivity index (χ0n) is 11.8. The van der Waals surface area contributed by atoms with Crippen LogP contribution in [0.25, 0.3) is 0 Å². The predicted molar refractivity (Wildman–Crippen MR) is 77.3 cm³/mol. The molecule has 5 nitrogen and oxygen atoms in total. The van der Waals surface area contributed by atoms with Gasteiger partial charge in [-0.25, -0.2) is 0 Å². The number of ether oxygens (including phenoxy) is 1. The molecule has 1 fully saturated rings. The van der Waals surface area contributed by atoms with Crippen LogP contribution < -0.4 is 15.8 Å². The molecular formula is C15H23N3O2. The van der Waals surface area contributed by atoms with Gasteiger partial charge >= 0.3 is 0 Å². The summed E-state index contributed by atoms with van der Waals surface area (Å²) in [5.74, 6) is 0.856. The fourth-order valence-electron chi connectivity index (χ4n) is 2.42. The highest BCUT2D eigenvalue weighted by atomic mass is 16.5. The fourth-order valence-corrected chi connectivity index (χ4v) is 2.42. The van der Waals surface area contributed by atoms with Crippen molar-refractivity contribution in [3.8, 4) is 5.75 Å². The molecule has 20 heavy (non-hydrogen) atoms. The zero-order valence-corrected chi connectivity index (χ0v) is 11.8. The number of rotatable bonds is 6. The van der Waals surface area contributed by atoms with Crippen LogP contribution in [0.3, 0.4) is 0 Å². The summed E-state index contributed by atoms with van der Waals surface area (Å²) in [6, 6.07) is 4.31. The normalized spacial score (nSPS) is 22.2. The Hall–Kier alpha value is -1.62. The number of carbonyl (C=O) groups excluding carboxylic acids is 1. The van der Waals surface area contributed by atoms with E-state index in [0.717, 1.165) is 31.4 Å². The first-order valence-electron chi connectivity index (χ1n) is 7.32. The van der Waals surface area contributed by atoms with Crippen molar-refractivity contribution in [3.63, 3.8) is 0 Å². The molecule has 1 saturated carbocycles. The van der Waals surface area contributed by atoms with E-state index in [0.29, 0.717) is 31.5 Å². The topological polar surface area (TPSA) is 77.2 Å². The van der Waals surface area contributed by atoms with Gasteiger partial charge in [0.25, 0.3) is 0 Å². The van der Waals surface area contributed by atoms with E-state index in [1.807, 2.05) is 12.1 Å². The maximum absolute atomic E-state index is 11.8. The SMILES string of the molecule is NC1CCC(NC(=O)CCCOc2cccnc2)CC1. The number of nitrogens with two attached hydrogens (primary N) is 1. The monoisotopic (exact) mass is 277 g/mol. The molecule has 5 heteroatoms. The number of nitrogens with zero attached hydrogens (tertiary/aromatic N) is 1. The molecule has 0 saturated heterocycles. The van der Waals surface area contributed by atoms with Gasteiger partial charge in [0, 0.05) is 24.7 Å². The quantitative estimate of drug-likeness (QED) is 0.775. The Kier molecular flexibility index (Phi) is 5.80. The highest BCUT2D eigenvalue weighted by Gasteiger charge is 2.19. The average molecular weight is 277 g/mol. The van der Waals surface area contributed by atoms with Crippen molar-refractivity contribution in [2.24, 2.45) is 5.73 Å². The van der Waals surface area contributed by atoms with Crippen molar-refractivity contribution in [2.45, 2.75) is 50.6 Å². The van der Waals surface area contributed by atoms with Crippen LogP contribution in [0.2, 0.25) is 0 Å². The van der Waals surface area contributed by atoms with Crippen molar-refractivity contribution in [3.05, 3.63) is 24.5 Å². The fraction of sp³-hybridized carbons (Fsp3) is 0.600. The molecule has 1 aromatic rings. The first-order valence-corrected chi connectivity index (χ1v) is 7.32. The zero-order chi connectivity index (χ0) is 14.2. The molecule has 0 radical (unpaired) electrons. The standard InChI is InChI=1S/C15H23N3O2/c16-12-5-7-13(8-6-12)18-15(19)4-2-10-20-14-3-1-9-17-11-14/h1,3,9,11-13H,2,4-8,10,16H2,(H,18,19). The van der Waals surface area contributed by atoms with Crippen molar-refractivity contribution in [1.29, 1.82) is 0 Å². The summed E-state index contributed by atoms with van der Waals surface area (Å²) >= 11 is 0. The maximum atomic E-state index is 11.8. The Morgan fingerprint density at radius 2 is 2.20 bits per heavy atom. The predicted octanol–water partition coefficient (Wildman–Crippen LogP) is 1.63. The minimum Gasteiger partial charge on any atom is -0.492 e. The van der Waals surface area contributed by atoms with E-state index in [1.165, 1.54) is 0 Å². The number of hydrogen-bond donors (Lipinski definition) is 2. The average Bonchev–Trinajstić information content (AvgIpc) is 2.47. The Labute approximate surface area is 119 Å². The molecule has 110 valence electrons. The minimum absolute atomic E-state index is 0.111. The van der Waals surface area contributed by atoms with Crippen LogP contribution in [0.4, 0.5) is 0 Å². The smallest absolute Gasteiger partial charge is 0.220 e. The number of carbonyl (C=O) groups is 1. The third kappa shape index (κ3) is 5.17. The lowest BCUT2D eigenvalue weighted by atomic mass is 9.92. The van der Waals surface area contributed by atoms with E-state index >= 15 is 0 Å². The van der Waals surface area contributed by atoms with Gasteiger partial charge in [-0.15, -0.1) is 0 Å². The summed E-state index contributed by atoms with van der Waals surface area (Å²) in [4.78, 5) is 15.8. The van der Waals surface area contributed by atoms with Gasteiger partial charge in [0.05, 0.1) is 12.8 Å². The van der Waals surface area contributed by atoms with Crippen LogP contribution in [0, 0.1) is 0 Å². The second kappa shape index (κ2) is 7.85. The van der Waals surface area contributed by atoms with Crippen molar-refractivity contribution in [2.75, 3.05) is 6.61 Å². The summed E-state index contributed by atoms with van der Waals surface area (Å²) in [5.41, 5.74) is 5.85. The molecule has 0 aliphatic heterocycles. The first-order chi connectivity index (χ1) is 9.74.